The van der Waals surface area contributed by atoms with Gasteiger partial charge >= 0.3 is 0 Å². The topological polar surface area (TPSA) is 8.17 Å². The quantitative estimate of drug-likeness (QED) is 0.148. The van der Waals surface area contributed by atoms with Crippen LogP contribution in [0.15, 0.2) is 249 Å². The molecule has 2 heterocycles. The van der Waals surface area contributed by atoms with Crippen LogP contribution in [-0.2, 0) is 0 Å². The maximum atomic E-state index is 2.53. The first-order valence-electron chi connectivity index (χ1n) is 23.2. The fourth-order valence-corrected chi connectivity index (χ4v) is 11.8. The number of nitrogens with zero attached hydrogens (tertiary/aromatic N) is 2. The molecule has 0 spiro atoms. The van der Waals surface area contributed by atoms with E-state index >= 15 is 0 Å². The van der Waals surface area contributed by atoms with Crippen LogP contribution in [0.2, 0.25) is 0 Å². The number of allylic oxidation sites excluding steroid dienone is 4. The summed E-state index contributed by atoms with van der Waals surface area (Å²) < 4.78 is 5.17. The lowest BCUT2D eigenvalue weighted by Crippen LogP contribution is -2.12. The van der Waals surface area contributed by atoms with Crippen molar-refractivity contribution in [2.24, 2.45) is 0 Å². The molecule has 1 aliphatic carbocycles. The first kappa shape index (κ1) is 39.2. The standard InChI is InChI=1S/C64H44N2S/c1-2-15-45(16-3-1)54-40-35-48(53-25-13-18-44-17-4-5-21-52(44)53)42-62(54)65(50-38-33-46(34-39-50)55-26-14-27-59-58-24-8-11-30-63(58)67-64(55)59)49-36-31-43(32-37-49)47-19-12-20-51(41-47)66-60-28-9-6-22-56(60)57-23-7-10-29-61(57)66/h1-19,21-42,51H,20H2. The summed E-state index contributed by atoms with van der Waals surface area (Å²) in [5.74, 6) is 0. The van der Waals surface area contributed by atoms with Crippen LogP contribution in [0.1, 0.15) is 18.0 Å². The van der Waals surface area contributed by atoms with Crippen LogP contribution in [0.5, 0.6) is 0 Å². The van der Waals surface area contributed by atoms with Crippen molar-refractivity contribution < 1.29 is 0 Å². The zero-order chi connectivity index (χ0) is 44.3. The van der Waals surface area contributed by atoms with Crippen molar-refractivity contribution in [2.45, 2.75) is 12.5 Å². The summed E-state index contributed by atoms with van der Waals surface area (Å²) in [6, 6.07) is 84.9. The van der Waals surface area contributed by atoms with Crippen molar-refractivity contribution in [3.05, 3.63) is 254 Å². The molecule has 1 atom stereocenters. The third kappa shape index (κ3) is 6.78. The number of aromatic nitrogens is 1. The molecule has 2 aromatic heterocycles. The van der Waals surface area contributed by atoms with Gasteiger partial charge in [0.25, 0.3) is 0 Å². The molecule has 0 bridgehead atoms. The Morgan fingerprint density at radius 3 is 1.75 bits per heavy atom. The Bertz CT molecular complexity index is 3830. The van der Waals surface area contributed by atoms with Gasteiger partial charge in [-0.3, -0.25) is 0 Å². The van der Waals surface area contributed by atoms with Gasteiger partial charge in [0.2, 0.25) is 0 Å². The van der Waals surface area contributed by atoms with Gasteiger partial charge in [-0.05, 0) is 105 Å². The lowest BCUT2D eigenvalue weighted by Gasteiger charge is -2.29. The van der Waals surface area contributed by atoms with Gasteiger partial charge in [0.15, 0.2) is 0 Å². The van der Waals surface area contributed by atoms with Gasteiger partial charge in [-0.2, -0.15) is 0 Å². The molecule has 1 aliphatic rings. The van der Waals surface area contributed by atoms with E-state index in [0.29, 0.717) is 0 Å². The smallest absolute Gasteiger partial charge is 0.0566 e. The van der Waals surface area contributed by atoms with E-state index in [4.69, 9.17) is 0 Å². The number of hydrogen-bond acceptors (Lipinski definition) is 2. The average molecular weight is 873 g/mol. The molecule has 0 aliphatic heterocycles. The Labute approximate surface area is 394 Å². The van der Waals surface area contributed by atoms with Gasteiger partial charge in [-0.1, -0.05) is 200 Å². The largest absolute Gasteiger partial charge is 0.333 e. The lowest BCUT2D eigenvalue weighted by atomic mass is 9.93. The highest BCUT2D eigenvalue weighted by Crippen LogP contribution is 2.46. The van der Waals surface area contributed by atoms with E-state index < -0.39 is 0 Å². The van der Waals surface area contributed by atoms with Crippen molar-refractivity contribution in [1.29, 1.82) is 0 Å². The van der Waals surface area contributed by atoms with Crippen LogP contribution >= 0.6 is 11.3 Å². The van der Waals surface area contributed by atoms with Gasteiger partial charge in [0.05, 0.1) is 11.7 Å². The second kappa shape index (κ2) is 16.3. The summed E-state index contributed by atoms with van der Waals surface area (Å²) in [6.45, 7) is 0. The number of fused-ring (bicyclic) bond motifs is 7. The minimum absolute atomic E-state index is 0.197. The maximum absolute atomic E-state index is 2.53. The van der Waals surface area contributed by atoms with Crippen molar-refractivity contribution in [1.82, 2.24) is 4.57 Å². The minimum atomic E-state index is 0.197. The summed E-state index contributed by atoms with van der Waals surface area (Å²) >= 11 is 1.88. The molecule has 0 fully saturated rings. The van der Waals surface area contributed by atoms with Crippen LogP contribution < -0.4 is 4.90 Å². The summed E-state index contributed by atoms with van der Waals surface area (Å²) in [4.78, 5) is 2.45. The predicted molar refractivity (Wildman–Crippen MR) is 288 cm³/mol. The highest BCUT2D eigenvalue weighted by atomic mass is 32.1. The van der Waals surface area contributed by atoms with E-state index in [9.17, 15) is 0 Å². The number of benzene rings is 10. The summed E-state index contributed by atoms with van der Waals surface area (Å²) in [5, 5.41) is 7.71. The molecule has 67 heavy (non-hydrogen) atoms. The van der Waals surface area contributed by atoms with Crippen molar-refractivity contribution in [3.63, 3.8) is 0 Å². The average Bonchev–Trinajstić information content (AvgIpc) is 3.96. The molecule has 0 amide bonds. The number of anilines is 3. The molecular weight excluding hydrogens is 829 g/mol. The van der Waals surface area contributed by atoms with E-state index in [1.165, 1.54) is 97.3 Å². The third-order valence-electron chi connectivity index (χ3n) is 13.7. The molecule has 0 saturated carbocycles. The van der Waals surface area contributed by atoms with Gasteiger partial charge in [-0.15, -0.1) is 11.3 Å². The van der Waals surface area contributed by atoms with Gasteiger partial charge in [-0.25, -0.2) is 0 Å². The third-order valence-corrected chi connectivity index (χ3v) is 14.9. The van der Waals surface area contributed by atoms with E-state index in [0.717, 1.165) is 23.5 Å². The maximum Gasteiger partial charge on any atom is 0.0566 e. The van der Waals surface area contributed by atoms with E-state index in [2.05, 4.69) is 258 Å². The normalized spacial score (nSPS) is 13.8. The molecule has 12 aromatic rings. The first-order chi connectivity index (χ1) is 33.2. The van der Waals surface area contributed by atoms with Crippen LogP contribution in [0.25, 0.3) is 91.7 Å². The molecule has 2 nitrogen and oxygen atoms in total. The zero-order valence-corrected chi connectivity index (χ0v) is 37.6. The molecular formula is C64H44N2S. The Balaban J connectivity index is 0.957. The highest BCUT2D eigenvalue weighted by Gasteiger charge is 2.22. The summed E-state index contributed by atoms with van der Waals surface area (Å²) in [5.41, 5.74) is 15.5. The van der Waals surface area contributed by atoms with Crippen LogP contribution in [0.3, 0.4) is 0 Å². The van der Waals surface area contributed by atoms with E-state index in [1.54, 1.807) is 0 Å². The van der Waals surface area contributed by atoms with E-state index in [1.807, 2.05) is 11.3 Å². The molecule has 10 aromatic carbocycles. The van der Waals surface area contributed by atoms with Crippen LogP contribution in [0, 0.1) is 0 Å². The zero-order valence-electron chi connectivity index (χ0n) is 36.8. The van der Waals surface area contributed by atoms with Gasteiger partial charge in [0, 0.05) is 58.9 Å². The predicted octanol–water partition coefficient (Wildman–Crippen LogP) is 18.4. The number of thiophene rings is 1. The molecule has 0 saturated heterocycles. The minimum Gasteiger partial charge on any atom is -0.333 e. The second-order valence-corrected chi connectivity index (χ2v) is 18.6. The Morgan fingerprint density at radius 2 is 0.985 bits per heavy atom. The SMILES string of the molecule is C1=CC(c2ccc(N(c3ccc(-c4cccc5c4sc4ccccc45)cc3)c3cc(-c4cccc5ccccc45)ccc3-c3ccccc3)cc2)=CC(n2c3ccccc3c3ccccc32)C1. The first-order valence-corrected chi connectivity index (χ1v) is 24.0. The fraction of sp³-hybridized carbons (Fsp3) is 0.0312. The van der Waals surface area contributed by atoms with Crippen molar-refractivity contribution in [2.75, 3.05) is 4.90 Å². The van der Waals surface area contributed by atoms with Crippen molar-refractivity contribution in [3.8, 4) is 33.4 Å². The fourth-order valence-electron chi connectivity index (χ4n) is 10.6. The molecule has 0 radical (unpaired) electrons. The Kier molecular flexibility index (Phi) is 9.54. The molecule has 1 unspecified atom stereocenters. The van der Waals surface area contributed by atoms with E-state index in [-0.39, 0.29) is 6.04 Å². The highest BCUT2D eigenvalue weighted by molar-refractivity contribution is 7.26. The van der Waals surface area contributed by atoms with Crippen LogP contribution in [-0.4, -0.2) is 4.57 Å². The summed E-state index contributed by atoms with van der Waals surface area (Å²) in [7, 11) is 0. The summed E-state index contributed by atoms with van der Waals surface area (Å²) in [6.07, 6.45) is 8.05. The molecule has 3 heteroatoms. The second-order valence-electron chi connectivity index (χ2n) is 17.6. The van der Waals surface area contributed by atoms with Gasteiger partial charge in [0.1, 0.15) is 0 Å². The Morgan fingerprint density at radius 1 is 0.418 bits per heavy atom. The van der Waals surface area contributed by atoms with Crippen LogP contribution in [0.4, 0.5) is 17.1 Å². The molecule has 316 valence electrons. The number of hydrogen-bond donors (Lipinski definition) is 0. The van der Waals surface area contributed by atoms with Gasteiger partial charge < -0.3 is 9.47 Å². The molecule has 13 rings (SSSR count). The number of para-hydroxylation sites is 2. The monoisotopic (exact) mass is 872 g/mol. The molecule has 0 N–H and O–H groups in total. The van der Waals surface area contributed by atoms with Crippen molar-refractivity contribution >= 4 is 86.7 Å². The Hall–Kier alpha value is -8.24. The lowest BCUT2D eigenvalue weighted by molar-refractivity contribution is 0.650. The number of rotatable bonds is 8.